The number of hydrogen-bond acceptors (Lipinski definition) is 5. The van der Waals surface area contributed by atoms with Crippen LogP contribution in [0.5, 0.6) is 11.5 Å². The third kappa shape index (κ3) is 4.09. The topological polar surface area (TPSA) is 68.3 Å². The molecule has 7 nitrogen and oxygen atoms in total. The number of hydrogen-bond donors (Lipinski definition) is 0. The Morgan fingerprint density at radius 3 is 2.39 bits per heavy atom. The van der Waals surface area contributed by atoms with Gasteiger partial charge in [0.2, 0.25) is 11.8 Å². The largest absolute Gasteiger partial charge is 0.497 e. The normalized spacial score (nSPS) is 22.5. The summed E-state index contributed by atoms with van der Waals surface area (Å²) in [5.41, 5.74) is 0.939. The SMILES string of the molecule is COc1ccc([C@@H]2CN(C(=O)C(C)C)C[C@H]2C(=O)N2CCOCC2)c(OC)c1. The monoisotopic (exact) mass is 390 g/mol. The Balaban J connectivity index is 1.92. The summed E-state index contributed by atoms with van der Waals surface area (Å²) in [4.78, 5) is 29.6. The summed E-state index contributed by atoms with van der Waals surface area (Å²) in [6, 6.07) is 5.66. The Labute approximate surface area is 166 Å². The molecule has 2 aliphatic heterocycles. The predicted molar refractivity (Wildman–Crippen MR) is 105 cm³/mol. The van der Waals surface area contributed by atoms with Crippen molar-refractivity contribution in [2.24, 2.45) is 11.8 Å². The standard InChI is InChI=1S/C21H30N2O5/c1-14(2)20(24)23-12-17(16-6-5-15(26-3)11-19(16)27-4)18(13-23)21(25)22-7-9-28-10-8-22/h5-6,11,14,17-18H,7-10,12-13H2,1-4H3/t17-,18+/m0/s1. The van der Waals surface area contributed by atoms with E-state index in [9.17, 15) is 9.59 Å². The molecule has 0 unspecified atom stereocenters. The summed E-state index contributed by atoms with van der Waals surface area (Å²) in [7, 11) is 3.22. The average molecular weight is 390 g/mol. The maximum atomic E-state index is 13.3. The van der Waals surface area contributed by atoms with Gasteiger partial charge in [-0.15, -0.1) is 0 Å². The molecule has 2 amide bonds. The van der Waals surface area contributed by atoms with Gasteiger partial charge < -0.3 is 24.0 Å². The zero-order chi connectivity index (χ0) is 20.3. The maximum Gasteiger partial charge on any atom is 0.228 e. The van der Waals surface area contributed by atoms with E-state index in [1.807, 2.05) is 41.8 Å². The molecule has 1 aromatic rings. The minimum absolute atomic E-state index is 0.0785. The van der Waals surface area contributed by atoms with Crippen molar-refractivity contribution in [3.8, 4) is 11.5 Å². The molecule has 28 heavy (non-hydrogen) atoms. The van der Waals surface area contributed by atoms with Gasteiger partial charge in [-0.05, 0) is 6.07 Å². The lowest BCUT2D eigenvalue weighted by Crippen LogP contribution is -2.45. The van der Waals surface area contributed by atoms with Crippen LogP contribution in [0.1, 0.15) is 25.3 Å². The third-order valence-electron chi connectivity index (χ3n) is 5.61. The highest BCUT2D eigenvalue weighted by atomic mass is 16.5. The zero-order valence-electron chi connectivity index (χ0n) is 17.1. The Morgan fingerprint density at radius 1 is 1.07 bits per heavy atom. The highest BCUT2D eigenvalue weighted by molar-refractivity contribution is 5.84. The highest BCUT2D eigenvalue weighted by Crippen LogP contribution is 2.40. The highest BCUT2D eigenvalue weighted by Gasteiger charge is 2.43. The van der Waals surface area contributed by atoms with Crippen molar-refractivity contribution < 1.29 is 23.8 Å². The lowest BCUT2D eigenvalue weighted by Gasteiger charge is -2.31. The molecular formula is C21H30N2O5. The molecule has 2 fully saturated rings. The van der Waals surface area contributed by atoms with Crippen LogP contribution in [0.3, 0.4) is 0 Å². The Morgan fingerprint density at radius 2 is 1.79 bits per heavy atom. The lowest BCUT2D eigenvalue weighted by molar-refractivity contribution is -0.140. The number of benzene rings is 1. The average Bonchev–Trinajstić information content (AvgIpc) is 3.17. The summed E-state index contributed by atoms with van der Waals surface area (Å²) in [6.45, 7) is 7.05. The number of rotatable bonds is 5. The van der Waals surface area contributed by atoms with Crippen LogP contribution in [0.15, 0.2) is 18.2 Å². The summed E-state index contributed by atoms with van der Waals surface area (Å²) in [5, 5.41) is 0. The summed E-state index contributed by atoms with van der Waals surface area (Å²) >= 11 is 0. The molecule has 1 aromatic carbocycles. The number of carbonyl (C=O) groups is 2. The van der Waals surface area contributed by atoms with Crippen molar-refractivity contribution in [3.63, 3.8) is 0 Å². The summed E-state index contributed by atoms with van der Waals surface area (Å²) < 4.78 is 16.3. The molecule has 0 spiro atoms. The van der Waals surface area contributed by atoms with Crippen LogP contribution in [0.25, 0.3) is 0 Å². The molecule has 0 N–H and O–H groups in total. The van der Waals surface area contributed by atoms with Gasteiger partial charge in [0.1, 0.15) is 11.5 Å². The minimum atomic E-state index is -0.289. The van der Waals surface area contributed by atoms with Crippen LogP contribution in [0.4, 0.5) is 0 Å². The van der Waals surface area contributed by atoms with Crippen molar-refractivity contribution in [2.45, 2.75) is 19.8 Å². The van der Waals surface area contributed by atoms with Crippen LogP contribution >= 0.6 is 0 Å². The van der Waals surface area contributed by atoms with Gasteiger partial charge in [0.15, 0.2) is 0 Å². The van der Waals surface area contributed by atoms with Gasteiger partial charge in [-0.3, -0.25) is 9.59 Å². The van der Waals surface area contributed by atoms with Crippen molar-refractivity contribution in [1.82, 2.24) is 9.80 Å². The number of carbonyl (C=O) groups excluding carboxylic acids is 2. The maximum absolute atomic E-state index is 13.3. The Bertz CT molecular complexity index is 715. The first-order valence-corrected chi connectivity index (χ1v) is 9.83. The molecule has 7 heteroatoms. The second-order valence-corrected chi connectivity index (χ2v) is 7.66. The fourth-order valence-corrected chi connectivity index (χ4v) is 4.06. The van der Waals surface area contributed by atoms with Crippen molar-refractivity contribution in [2.75, 3.05) is 53.6 Å². The van der Waals surface area contributed by atoms with E-state index in [2.05, 4.69) is 0 Å². The number of methoxy groups -OCH3 is 2. The second-order valence-electron chi connectivity index (χ2n) is 7.66. The van der Waals surface area contributed by atoms with Crippen LogP contribution in [-0.2, 0) is 14.3 Å². The van der Waals surface area contributed by atoms with E-state index in [1.165, 1.54) is 0 Å². The van der Waals surface area contributed by atoms with Gasteiger partial charge >= 0.3 is 0 Å². The minimum Gasteiger partial charge on any atom is -0.497 e. The fourth-order valence-electron chi connectivity index (χ4n) is 4.06. The number of amides is 2. The lowest BCUT2D eigenvalue weighted by atomic mass is 9.87. The molecule has 2 atom stereocenters. The first-order chi connectivity index (χ1) is 13.5. The van der Waals surface area contributed by atoms with Crippen molar-refractivity contribution in [3.05, 3.63) is 23.8 Å². The van der Waals surface area contributed by atoms with E-state index in [0.29, 0.717) is 50.9 Å². The van der Waals surface area contributed by atoms with Gasteiger partial charge in [0.25, 0.3) is 0 Å². The molecule has 0 radical (unpaired) electrons. The number of ether oxygens (including phenoxy) is 3. The third-order valence-corrected chi connectivity index (χ3v) is 5.61. The number of morpholine rings is 1. The van der Waals surface area contributed by atoms with Crippen molar-refractivity contribution in [1.29, 1.82) is 0 Å². The van der Waals surface area contributed by atoms with Gasteiger partial charge in [-0.1, -0.05) is 19.9 Å². The van der Waals surface area contributed by atoms with Gasteiger partial charge in [-0.25, -0.2) is 0 Å². The van der Waals surface area contributed by atoms with Gasteiger partial charge in [0, 0.05) is 49.6 Å². The molecule has 2 aliphatic rings. The first kappa shape index (κ1) is 20.5. The van der Waals surface area contributed by atoms with Crippen LogP contribution < -0.4 is 9.47 Å². The summed E-state index contributed by atoms with van der Waals surface area (Å²) in [5.74, 6) is 1.05. The van der Waals surface area contributed by atoms with Gasteiger partial charge in [0.05, 0.1) is 33.4 Å². The summed E-state index contributed by atoms with van der Waals surface area (Å²) in [6.07, 6.45) is 0. The van der Waals surface area contributed by atoms with E-state index >= 15 is 0 Å². The van der Waals surface area contributed by atoms with Crippen LogP contribution in [0.2, 0.25) is 0 Å². The number of nitrogens with zero attached hydrogens (tertiary/aromatic N) is 2. The predicted octanol–water partition coefficient (Wildman–Crippen LogP) is 1.76. The van der Waals surface area contributed by atoms with E-state index in [0.717, 1.165) is 5.56 Å². The fraction of sp³-hybridized carbons (Fsp3) is 0.619. The quantitative estimate of drug-likeness (QED) is 0.766. The molecule has 2 heterocycles. The molecule has 154 valence electrons. The number of likely N-dealkylation sites (tertiary alicyclic amines) is 1. The smallest absolute Gasteiger partial charge is 0.228 e. The molecule has 3 rings (SSSR count). The second kappa shape index (κ2) is 8.82. The van der Waals surface area contributed by atoms with E-state index in [1.54, 1.807) is 14.2 Å². The van der Waals surface area contributed by atoms with Gasteiger partial charge in [-0.2, -0.15) is 0 Å². The van der Waals surface area contributed by atoms with E-state index in [-0.39, 0.29) is 29.6 Å². The zero-order valence-corrected chi connectivity index (χ0v) is 17.1. The Hall–Kier alpha value is -2.28. The Kier molecular flexibility index (Phi) is 6.44. The molecular weight excluding hydrogens is 360 g/mol. The molecule has 0 saturated carbocycles. The van der Waals surface area contributed by atoms with E-state index in [4.69, 9.17) is 14.2 Å². The molecule has 2 saturated heterocycles. The van der Waals surface area contributed by atoms with Crippen LogP contribution in [0, 0.1) is 11.8 Å². The molecule has 0 bridgehead atoms. The van der Waals surface area contributed by atoms with Crippen LogP contribution in [-0.4, -0.2) is 75.2 Å². The molecule has 0 aromatic heterocycles. The molecule has 0 aliphatic carbocycles. The first-order valence-electron chi connectivity index (χ1n) is 9.83. The van der Waals surface area contributed by atoms with E-state index < -0.39 is 0 Å². The van der Waals surface area contributed by atoms with Crippen molar-refractivity contribution >= 4 is 11.8 Å².